The van der Waals surface area contributed by atoms with Crippen molar-refractivity contribution in [3.8, 4) is 0 Å². The highest BCUT2D eigenvalue weighted by Gasteiger charge is 2.11. The minimum Gasteiger partial charge on any atom is -0.356 e. The van der Waals surface area contributed by atoms with E-state index < -0.39 is 9.84 Å². The third-order valence-electron chi connectivity index (χ3n) is 2.27. The van der Waals surface area contributed by atoms with Crippen molar-refractivity contribution in [2.24, 2.45) is 0 Å². The molecule has 2 N–H and O–H groups in total. The number of rotatable bonds is 3. The number of hydrogen-bond acceptors (Lipinski definition) is 4. The second kappa shape index (κ2) is 5.14. The van der Waals surface area contributed by atoms with Crippen molar-refractivity contribution in [2.45, 2.75) is 5.03 Å². The van der Waals surface area contributed by atoms with Gasteiger partial charge in [-0.3, -0.25) is 4.79 Å². The van der Waals surface area contributed by atoms with Gasteiger partial charge in [-0.15, -0.1) is 0 Å². The van der Waals surface area contributed by atoms with E-state index in [9.17, 15) is 13.2 Å². The fourth-order valence-electron chi connectivity index (χ4n) is 1.37. The Balaban J connectivity index is 2.14. The van der Waals surface area contributed by atoms with E-state index in [0.717, 1.165) is 10.7 Å². The topological polar surface area (TPSA) is 91.9 Å². The number of carbonyl (C=O) groups is 1. The van der Waals surface area contributed by atoms with E-state index in [2.05, 4.69) is 31.2 Å². The number of anilines is 1. The number of sulfone groups is 1. The second-order valence-corrected chi connectivity index (χ2v) is 6.72. The number of aromatic amines is 1. The summed E-state index contributed by atoms with van der Waals surface area (Å²) in [6.07, 6.45) is 4.01. The Morgan fingerprint density at radius 1 is 1.42 bits per heavy atom. The van der Waals surface area contributed by atoms with E-state index in [1.54, 1.807) is 12.3 Å². The molecule has 0 fully saturated rings. The summed E-state index contributed by atoms with van der Waals surface area (Å²) in [6.45, 7) is 0. The molecule has 6 nitrogen and oxygen atoms in total. The molecule has 0 atom stereocenters. The minimum atomic E-state index is -3.33. The van der Waals surface area contributed by atoms with Gasteiger partial charge >= 0.3 is 0 Å². The van der Waals surface area contributed by atoms with Crippen LogP contribution in [0.4, 0.5) is 5.69 Å². The van der Waals surface area contributed by atoms with Crippen molar-refractivity contribution in [1.29, 1.82) is 0 Å². The molecule has 0 saturated heterocycles. The first-order valence-electron chi connectivity index (χ1n) is 5.17. The van der Waals surface area contributed by atoms with Gasteiger partial charge in [0.25, 0.3) is 5.91 Å². The molecule has 0 aliphatic heterocycles. The van der Waals surface area contributed by atoms with Crippen LogP contribution in [0.25, 0.3) is 0 Å². The van der Waals surface area contributed by atoms with Crippen molar-refractivity contribution in [3.63, 3.8) is 0 Å². The molecular weight excluding hydrogens is 334 g/mol. The summed E-state index contributed by atoms with van der Waals surface area (Å²) < 4.78 is 23.2. The monoisotopic (exact) mass is 343 g/mol. The van der Waals surface area contributed by atoms with Crippen LogP contribution in [0.1, 0.15) is 10.5 Å². The van der Waals surface area contributed by atoms with Crippen LogP contribution in [0.15, 0.2) is 40.1 Å². The molecule has 0 spiro atoms. The fourth-order valence-corrected chi connectivity index (χ4v) is 2.27. The molecule has 0 aromatic carbocycles. The molecule has 19 heavy (non-hydrogen) atoms. The Labute approximate surface area is 118 Å². The minimum absolute atomic E-state index is 0.0342. The van der Waals surface area contributed by atoms with Gasteiger partial charge in [-0.2, -0.15) is 0 Å². The van der Waals surface area contributed by atoms with E-state index in [-0.39, 0.29) is 10.9 Å². The molecule has 0 bridgehead atoms. The lowest BCUT2D eigenvalue weighted by molar-refractivity contribution is 0.102. The Morgan fingerprint density at radius 2 is 2.16 bits per heavy atom. The SMILES string of the molecule is CS(=O)(=O)c1ccc(NC(=O)c2cc(Br)c[nH]2)cn1. The highest BCUT2D eigenvalue weighted by molar-refractivity contribution is 9.10. The zero-order chi connectivity index (χ0) is 14.0. The molecule has 0 aliphatic rings. The van der Waals surface area contributed by atoms with Crippen LogP contribution in [0.3, 0.4) is 0 Å². The number of H-pyrrole nitrogens is 1. The number of halogens is 1. The van der Waals surface area contributed by atoms with Crippen LogP contribution < -0.4 is 5.32 Å². The smallest absolute Gasteiger partial charge is 0.272 e. The van der Waals surface area contributed by atoms with Crippen LogP contribution in [0, 0.1) is 0 Å². The average molecular weight is 344 g/mol. The first-order valence-corrected chi connectivity index (χ1v) is 7.86. The van der Waals surface area contributed by atoms with Gasteiger partial charge in [0, 0.05) is 16.9 Å². The normalized spacial score (nSPS) is 11.3. The van der Waals surface area contributed by atoms with Crippen molar-refractivity contribution in [1.82, 2.24) is 9.97 Å². The first kappa shape index (κ1) is 13.8. The molecule has 8 heteroatoms. The third kappa shape index (κ3) is 3.42. The maximum absolute atomic E-state index is 11.8. The quantitative estimate of drug-likeness (QED) is 0.889. The highest BCUT2D eigenvalue weighted by Crippen LogP contribution is 2.14. The average Bonchev–Trinajstić information content (AvgIpc) is 2.75. The van der Waals surface area contributed by atoms with Crippen molar-refractivity contribution >= 4 is 37.4 Å². The number of pyridine rings is 1. The van der Waals surface area contributed by atoms with Gasteiger partial charge in [0.1, 0.15) is 5.69 Å². The van der Waals surface area contributed by atoms with Gasteiger partial charge in [-0.25, -0.2) is 13.4 Å². The Hall–Kier alpha value is -1.67. The molecular formula is C11H10BrN3O3S. The molecule has 2 aromatic heterocycles. The van der Waals surface area contributed by atoms with Crippen LogP contribution in [-0.4, -0.2) is 30.5 Å². The molecule has 0 aliphatic carbocycles. The van der Waals surface area contributed by atoms with Crippen LogP contribution in [0.2, 0.25) is 0 Å². The zero-order valence-corrected chi connectivity index (χ0v) is 12.2. The number of nitrogens with zero attached hydrogens (tertiary/aromatic N) is 1. The Bertz CT molecular complexity index is 707. The van der Waals surface area contributed by atoms with Crippen molar-refractivity contribution < 1.29 is 13.2 Å². The Kier molecular flexibility index (Phi) is 3.72. The number of amides is 1. The molecule has 100 valence electrons. The summed E-state index contributed by atoms with van der Waals surface area (Å²) in [4.78, 5) is 18.4. The van der Waals surface area contributed by atoms with Gasteiger partial charge in [-0.05, 0) is 34.1 Å². The molecule has 2 heterocycles. The van der Waals surface area contributed by atoms with Gasteiger partial charge in [-0.1, -0.05) is 0 Å². The summed E-state index contributed by atoms with van der Waals surface area (Å²) in [5, 5.41) is 2.57. The first-order chi connectivity index (χ1) is 8.86. The molecule has 0 radical (unpaired) electrons. The van der Waals surface area contributed by atoms with E-state index in [1.807, 2.05) is 0 Å². The molecule has 0 saturated carbocycles. The van der Waals surface area contributed by atoms with E-state index in [4.69, 9.17) is 0 Å². The van der Waals surface area contributed by atoms with E-state index >= 15 is 0 Å². The van der Waals surface area contributed by atoms with Crippen molar-refractivity contribution in [3.05, 3.63) is 40.8 Å². The number of carbonyl (C=O) groups excluding carboxylic acids is 1. The van der Waals surface area contributed by atoms with Gasteiger partial charge in [0.05, 0.1) is 11.9 Å². The number of nitrogens with one attached hydrogen (secondary N) is 2. The number of aromatic nitrogens is 2. The lowest BCUT2D eigenvalue weighted by atomic mass is 10.3. The number of hydrogen-bond donors (Lipinski definition) is 2. The summed E-state index contributed by atoms with van der Waals surface area (Å²) >= 11 is 3.23. The Morgan fingerprint density at radius 3 is 2.63 bits per heavy atom. The predicted molar refractivity (Wildman–Crippen MR) is 73.8 cm³/mol. The van der Waals surface area contributed by atoms with E-state index in [0.29, 0.717) is 11.4 Å². The maximum atomic E-state index is 11.8. The summed E-state index contributed by atoms with van der Waals surface area (Å²) in [5.41, 5.74) is 0.808. The second-order valence-electron chi connectivity index (χ2n) is 3.84. The van der Waals surface area contributed by atoms with Gasteiger partial charge in [0.2, 0.25) is 0 Å². The summed E-state index contributed by atoms with van der Waals surface area (Å²) in [6, 6.07) is 4.46. The predicted octanol–water partition coefficient (Wildman–Crippen LogP) is 1.83. The van der Waals surface area contributed by atoms with Crippen LogP contribution in [0.5, 0.6) is 0 Å². The lowest BCUT2D eigenvalue weighted by Crippen LogP contribution is -2.12. The van der Waals surface area contributed by atoms with Crippen LogP contribution >= 0.6 is 15.9 Å². The molecule has 0 unspecified atom stereocenters. The maximum Gasteiger partial charge on any atom is 0.272 e. The van der Waals surface area contributed by atoms with Gasteiger partial charge < -0.3 is 10.3 Å². The fraction of sp³-hybridized carbons (Fsp3) is 0.0909. The molecule has 2 aromatic rings. The highest BCUT2D eigenvalue weighted by atomic mass is 79.9. The standard InChI is InChI=1S/C11H10BrN3O3S/c1-19(17,18)10-3-2-8(6-14-10)15-11(16)9-4-7(12)5-13-9/h2-6,13H,1H3,(H,15,16). The third-order valence-corrected chi connectivity index (χ3v) is 3.73. The van der Waals surface area contributed by atoms with Crippen LogP contribution in [-0.2, 0) is 9.84 Å². The summed E-state index contributed by atoms with van der Waals surface area (Å²) in [5.74, 6) is -0.334. The molecule has 1 amide bonds. The lowest BCUT2D eigenvalue weighted by Gasteiger charge is -2.04. The van der Waals surface area contributed by atoms with Crippen molar-refractivity contribution in [2.75, 3.05) is 11.6 Å². The molecule has 2 rings (SSSR count). The van der Waals surface area contributed by atoms with E-state index in [1.165, 1.54) is 18.3 Å². The zero-order valence-electron chi connectivity index (χ0n) is 9.84. The largest absolute Gasteiger partial charge is 0.356 e. The summed E-state index contributed by atoms with van der Waals surface area (Å²) in [7, 11) is -3.33. The van der Waals surface area contributed by atoms with Gasteiger partial charge in [0.15, 0.2) is 14.9 Å².